The van der Waals surface area contributed by atoms with Crippen molar-refractivity contribution in [2.45, 2.75) is 64.2 Å². The summed E-state index contributed by atoms with van der Waals surface area (Å²) in [7, 11) is 0. The molecule has 1 fully saturated rings. The summed E-state index contributed by atoms with van der Waals surface area (Å²) in [5.41, 5.74) is 8.41. The van der Waals surface area contributed by atoms with E-state index in [-0.39, 0.29) is 5.91 Å². The lowest BCUT2D eigenvalue weighted by atomic mass is 10.1. The molecule has 0 unspecified atom stereocenters. The van der Waals surface area contributed by atoms with Crippen molar-refractivity contribution in [1.29, 1.82) is 0 Å². The standard InChI is InChI=1S/C12H25N3O/c16-12-10-8-6-4-2-1-3-5-7-9-11-13-15-14-12/h13,15H,1-11H2,(H,14,16). The molecule has 0 aromatic rings. The Morgan fingerprint density at radius 2 is 1.31 bits per heavy atom. The second kappa shape index (κ2) is 9.60. The van der Waals surface area contributed by atoms with Gasteiger partial charge in [-0.25, -0.2) is 5.43 Å². The smallest absolute Gasteiger partial charge is 0.235 e. The molecule has 0 radical (unpaired) electrons. The topological polar surface area (TPSA) is 53.2 Å². The molecule has 16 heavy (non-hydrogen) atoms. The Kier molecular flexibility index (Phi) is 8.08. The lowest BCUT2D eigenvalue weighted by molar-refractivity contribution is -0.122. The number of hydrogen-bond acceptors (Lipinski definition) is 3. The van der Waals surface area contributed by atoms with Gasteiger partial charge in [-0.05, 0) is 12.8 Å². The second-order valence-electron chi connectivity index (χ2n) is 4.53. The fraction of sp³-hybridized carbons (Fsp3) is 0.917. The van der Waals surface area contributed by atoms with Crippen LogP contribution < -0.4 is 16.4 Å². The molecular formula is C12H25N3O. The van der Waals surface area contributed by atoms with Gasteiger partial charge < -0.3 is 0 Å². The zero-order valence-electron chi connectivity index (χ0n) is 10.2. The van der Waals surface area contributed by atoms with E-state index in [4.69, 9.17) is 0 Å². The lowest BCUT2D eigenvalue weighted by Crippen LogP contribution is -2.46. The van der Waals surface area contributed by atoms with Crippen LogP contribution in [0.15, 0.2) is 0 Å². The molecule has 1 rings (SSSR count). The normalized spacial score (nSPS) is 22.9. The van der Waals surface area contributed by atoms with Gasteiger partial charge in [0.1, 0.15) is 0 Å². The highest BCUT2D eigenvalue weighted by atomic mass is 16.2. The third kappa shape index (κ3) is 7.65. The number of hydrazine groups is 2. The highest BCUT2D eigenvalue weighted by Crippen LogP contribution is 2.10. The van der Waals surface area contributed by atoms with Crippen LogP contribution in [0, 0.1) is 0 Å². The van der Waals surface area contributed by atoms with E-state index in [1.165, 1.54) is 51.4 Å². The fourth-order valence-corrected chi connectivity index (χ4v) is 1.98. The van der Waals surface area contributed by atoms with Crippen molar-refractivity contribution in [2.75, 3.05) is 6.54 Å². The maximum absolute atomic E-state index is 11.3. The summed E-state index contributed by atoms with van der Waals surface area (Å²) in [6.07, 6.45) is 11.9. The van der Waals surface area contributed by atoms with Gasteiger partial charge in [0, 0.05) is 13.0 Å². The zero-order chi connectivity index (χ0) is 11.5. The second-order valence-corrected chi connectivity index (χ2v) is 4.53. The van der Waals surface area contributed by atoms with Crippen molar-refractivity contribution in [3.63, 3.8) is 0 Å². The molecule has 0 aliphatic carbocycles. The van der Waals surface area contributed by atoms with E-state index >= 15 is 0 Å². The van der Waals surface area contributed by atoms with Gasteiger partial charge in [-0.2, -0.15) is 5.53 Å². The average molecular weight is 227 g/mol. The minimum Gasteiger partial charge on any atom is -0.278 e. The predicted octanol–water partition coefficient (Wildman–Crippen LogP) is 2.03. The molecule has 3 N–H and O–H groups in total. The van der Waals surface area contributed by atoms with Gasteiger partial charge in [0.15, 0.2) is 0 Å². The average Bonchev–Trinajstić information content (AvgIpc) is 2.29. The van der Waals surface area contributed by atoms with Gasteiger partial charge in [-0.3, -0.25) is 10.2 Å². The molecule has 1 aliphatic heterocycles. The van der Waals surface area contributed by atoms with E-state index in [1.54, 1.807) is 0 Å². The van der Waals surface area contributed by atoms with Crippen molar-refractivity contribution < 1.29 is 4.79 Å². The van der Waals surface area contributed by atoms with Crippen LogP contribution in [0.3, 0.4) is 0 Å². The molecule has 0 aromatic carbocycles. The summed E-state index contributed by atoms with van der Waals surface area (Å²) in [5.74, 6) is 0.0855. The first-order chi connectivity index (χ1) is 7.89. The van der Waals surface area contributed by atoms with Crippen LogP contribution in [0.1, 0.15) is 64.2 Å². The Morgan fingerprint density at radius 1 is 0.750 bits per heavy atom. The number of carbonyl (C=O) groups is 1. The summed E-state index contributed by atoms with van der Waals surface area (Å²) in [4.78, 5) is 11.3. The van der Waals surface area contributed by atoms with Gasteiger partial charge in [0.05, 0.1) is 0 Å². The molecule has 94 valence electrons. The van der Waals surface area contributed by atoms with E-state index in [9.17, 15) is 4.79 Å². The minimum absolute atomic E-state index is 0.0855. The summed E-state index contributed by atoms with van der Waals surface area (Å²) < 4.78 is 0. The molecule has 4 heteroatoms. The minimum atomic E-state index is 0.0855. The Bertz CT molecular complexity index is 167. The summed E-state index contributed by atoms with van der Waals surface area (Å²) in [5, 5.41) is 0. The van der Waals surface area contributed by atoms with Gasteiger partial charge in [-0.15, -0.1) is 0 Å². The van der Waals surface area contributed by atoms with Crippen molar-refractivity contribution >= 4 is 5.91 Å². The maximum Gasteiger partial charge on any atom is 0.235 e. The van der Waals surface area contributed by atoms with Gasteiger partial charge in [0.2, 0.25) is 5.91 Å². The van der Waals surface area contributed by atoms with Gasteiger partial charge in [0.25, 0.3) is 0 Å². The summed E-state index contributed by atoms with van der Waals surface area (Å²) in [6, 6.07) is 0. The van der Waals surface area contributed by atoms with Crippen molar-refractivity contribution in [3.8, 4) is 0 Å². The van der Waals surface area contributed by atoms with E-state index in [2.05, 4.69) is 16.4 Å². The Labute approximate surface area is 98.5 Å². The van der Waals surface area contributed by atoms with Crippen LogP contribution in [-0.4, -0.2) is 12.5 Å². The zero-order valence-corrected chi connectivity index (χ0v) is 10.2. The van der Waals surface area contributed by atoms with Crippen LogP contribution in [0.4, 0.5) is 0 Å². The molecular weight excluding hydrogens is 202 g/mol. The third-order valence-corrected chi connectivity index (χ3v) is 3.00. The lowest BCUT2D eigenvalue weighted by Gasteiger charge is -2.08. The van der Waals surface area contributed by atoms with Crippen molar-refractivity contribution in [1.82, 2.24) is 16.4 Å². The third-order valence-electron chi connectivity index (χ3n) is 3.00. The Morgan fingerprint density at radius 3 is 2.00 bits per heavy atom. The van der Waals surface area contributed by atoms with Crippen molar-refractivity contribution in [2.24, 2.45) is 0 Å². The van der Waals surface area contributed by atoms with E-state index in [1.807, 2.05) is 0 Å². The molecule has 0 bridgehead atoms. The number of rotatable bonds is 0. The van der Waals surface area contributed by atoms with Crippen LogP contribution in [-0.2, 0) is 4.79 Å². The molecule has 4 nitrogen and oxygen atoms in total. The van der Waals surface area contributed by atoms with Gasteiger partial charge >= 0.3 is 0 Å². The summed E-state index contributed by atoms with van der Waals surface area (Å²) in [6.45, 7) is 0.917. The van der Waals surface area contributed by atoms with Crippen LogP contribution >= 0.6 is 0 Å². The first-order valence-electron chi connectivity index (χ1n) is 6.66. The number of nitrogens with one attached hydrogen (secondary N) is 3. The molecule has 0 saturated carbocycles. The predicted molar refractivity (Wildman–Crippen MR) is 65.5 cm³/mol. The van der Waals surface area contributed by atoms with Crippen LogP contribution in [0.5, 0.6) is 0 Å². The fourth-order valence-electron chi connectivity index (χ4n) is 1.98. The summed E-state index contributed by atoms with van der Waals surface area (Å²) >= 11 is 0. The largest absolute Gasteiger partial charge is 0.278 e. The number of carbonyl (C=O) groups excluding carboxylic acids is 1. The number of amides is 1. The van der Waals surface area contributed by atoms with E-state index in [0.29, 0.717) is 6.42 Å². The van der Waals surface area contributed by atoms with Gasteiger partial charge in [-0.1, -0.05) is 44.9 Å². The van der Waals surface area contributed by atoms with Crippen LogP contribution in [0.2, 0.25) is 0 Å². The maximum atomic E-state index is 11.3. The molecule has 1 heterocycles. The van der Waals surface area contributed by atoms with E-state index < -0.39 is 0 Å². The molecule has 1 aliphatic rings. The SMILES string of the molecule is O=C1CCCCCCCCCCCNNN1. The highest BCUT2D eigenvalue weighted by molar-refractivity contribution is 5.75. The molecule has 0 aromatic heterocycles. The Hall–Kier alpha value is -0.610. The first-order valence-corrected chi connectivity index (χ1v) is 6.66. The van der Waals surface area contributed by atoms with Crippen molar-refractivity contribution in [3.05, 3.63) is 0 Å². The first kappa shape index (κ1) is 13.5. The molecule has 1 saturated heterocycles. The molecule has 0 spiro atoms. The van der Waals surface area contributed by atoms with Crippen LogP contribution in [0.25, 0.3) is 0 Å². The number of hydrogen-bond donors (Lipinski definition) is 3. The Balaban J connectivity index is 2.13. The highest BCUT2D eigenvalue weighted by Gasteiger charge is 2.00. The molecule has 1 amide bonds. The monoisotopic (exact) mass is 227 g/mol. The molecule has 0 atom stereocenters. The quantitative estimate of drug-likeness (QED) is 0.593. The van der Waals surface area contributed by atoms with E-state index in [0.717, 1.165) is 13.0 Å².